The summed E-state index contributed by atoms with van der Waals surface area (Å²) in [5.41, 5.74) is 3.37. The van der Waals surface area contributed by atoms with Gasteiger partial charge in [0.05, 0.1) is 7.11 Å². The van der Waals surface area contributed by atoms with Crippen LogP contribution in [0.15, 0.2) is 18.2 Å². The smallest absolute Gasteiger partial charge is 0.119 e. The lowest BCUT2D eigenvalue weighted by Crippen LogP contribution is -2.54. The molecule has 2 nitrogen and oxygen atoms in total. The standard InChI is InChI=1S/C16H23NO.ClH/c1-12-15-6-5-14(18-2)11-13(15)7-9-16(12)8-3-4-10-17-16;/h5-6,11-12,17H,3-4,7-10H2,1-2H3;1H. The van der Waals surface area contributed by atoms with E-state index in [1.165, 1.54) is 49.8 Å². The van der Waals surface area contributed by atoms with Crippen molar-refractivity contribution < 1.29 is 4.74 Å². The highest BCUT2D eigenvalue weighted by molar-refractivity contribution is 5.85. The Balaban J connectivity index is 0.00000133. The van der Waals surface area contributed by atoms with Crippen LogP contribution >= 0.6 is 12.4 Å². The van der Waals surface area contributed by atoms with Gasteiger partial charge in [0.1, 0.15) is 5.75 Å². The number of halogens is 1. The van der Waals surface area contributed by atoms with Gasteiger partial charge in [-0.1, -0.05) is 19.4 Å². The zero-order chi connectivity index (χ0) is 12.6. The Kier molecular flexibility index (Phi) is 4.42. The summed E-state index contributed by atoms with van der Waals surface area (Å²) < 4.78 is 5.34. The SMILES string of the molecule is COc1ccc2c(c1)CCC1(CCCCN1)C2C.Cl. The van der Waals surface area contributed by atoms with Crippen LogP contribution in [0.25, 0.3) is 0 Å². The first-order chi connectivity index (χ1) is 8.75. The predicted molar refractivity (Wildman–Crippen MR) is 81.6 cm³/mol. The molecule has 1 fully saturated rings. The first-order valence-electron chi connectivity index (χ1n) is 7.17. The minimum atomic E-state index is 0. The van der Waals surface area contributed by atoms with E-state index in [1.807, 2.05) is 0 Å². The number of rotatable bonds is 1. The summed E-state index contributed by atoms with van der Waals surface area (Å²) >= 11 is 0. The lowest BCUT2D eigenvalue weighted by molar-refractivity contribution is 0.190. The third kappa shape index (κ3) is 2.48. The van der Waals surface area contributed by atoms with E-state index in [2.05, 4.69) is 30.4 Å². The maximum absolute atomic E-state index is 5.34. The molecule has 1 aromatic carbocycles. The summed E-state index contributed by atoms with van der Waals surface area (Å²) in [6.07, 6.45) is 6.50. The molecule has 19 heavy (non-hydrogen) atoms. The number of methoxy groups -OCH3 is 1. The van der Waals surface area contributed by atoms with E-state index in [0.29, 0.717) is 11.5 Å². The van der Waals surface area contributed by atoms with Crippen molar-refractivity contribution in [3.63, 3.8) is 0 Å². The van der Waals surface area contributed by atoms with E-state index in [0.717, 1.165) is 5.75 Å². The fourth-order valence-corrected chi connectivity index (χ4v) is 3.79. The molecule has 2 atom stereocenters. The molecule has 1 aromatic rings. The van der Waals surface area contributed by atoms with Crippen LogP contribution in [0, 0.1) is 0 Å². The fourth-order valence-electron chi connectivity index (χ4n) is 3.79. The summed E-state index contributed by atoms with van der Waals surface area (Å²) in [5, 5.41) is 3.82. The van der Waals surface area contributed by atoms with Gasteiger partial charge < -0.3 is 10.1 Å². The van der Waals surface area contributed by atoms with Gasteiger partial charge in [0, 0.05) is 5.54 Å². The van der Waals surface area contributed by atoms with Gasteiger partial charge in [0.25, 0.3) is 0 Å². The molecule has 1 N–H and O–H groups in total. The number of nitrogens with one attached hydrogen (secondary N) is 1. The summed E-state index contributed by atoms with van der Waals surface area (Å²) in [6.45, 7) is 3.58. The Labute approximate surface area is 122 Å². The number of piperidine rings is 1. The molecule has 3 rings (SSSR count). The average molecular weight is 282 g/mol. The minimum absolute atomic E-state index is 0. The number of benzene rings is 1. The normalized spacial score (nSPS) is 29.5. The molecule has 1 saturated heterocycles. The zero-order valence-electron chi connectivity index (χ0n) is 11.9. The van der Waals surface area contributed by atoms with Crippen LogP contribution in [0.4, 0.5) is 0 Å². The number of hydrogen-bond donors (Lipinski definition) is 1. The molecule has 3 heteroatoms. The van der Waals surface area contributed by atoms with E-state index in [1.54, 1.807) is 7.11 Å². The molecule has 0 radical (unpaired) electrons. The molecule has 1 heterocycles. The minimum Gasteiger partial charge on any atom is -0.497 e. The molecule has 0 saturated carbocycles. The monoisotopic (exact) mass is 281 g/mol. The second kappa shape index (κ2) is 5.72. The van der Waals surface area contributed by atoms with Crippen molar-refractivity contribution in [2.24, 2.45) is 0 Å². The van der Waals surface area contributed by atoms with Crippen molar-refractivity contribution in [2.75, 3.05) is 13.7 Å². The van der Waals surface area contributed by atoms with Crippen molar-refractivity contribution >= 4 is 12.4 Å². The fraction of sp³-hybridized carbons (Fsp3) is 0.625. The molecule has 2 aliphatic rings. The van der Waals surface area contributed by atoms with E-state index >= 15 is 0 Å². The third-order valence-corrected chi connectivity index (χ3v) is 5.01. The Morgan fingerprint density at radius 1 is 1.26 bits per heavy atom. The number of aryl methyl sites for hydroxylation is 1. The molecular formula is C16H24ClNO. The Bertz CT molecular complexity index is 440. The highest BCUT2D eigenvalue weighted by atomic mass is 35.5. The van der Waals surface area contributed by atoms with Crippen LogP contribution in [0.2, 0.25) is 0 Å². The predicted octanol–water partition coefficient (Wildman–Crippen LogP) is 3.68. The molecule has 0 aromatic heterocycles. The molecule has 2 unspecified atom stereocenters. The average Bonchev–Trinajstić information content (AvgIpc) is 2.44. The second-order valence-electron chi connectivity index (χ2n) is 5.83. The summed E-state index contributed by atoms with van der Waals surface area (Å²) in [7, 11) is 1.75. The summed E-state index contributed by atoms with van der Waals surface area (Å²) in [4.78, 5) is 0. The summed E-state index contributed by atoms with van der Waals surface area (Å²) in [5.74, 6) is 1.61. The number of ether oxygens (including phenoxy) is 1. The van der Waals surface area contributed by atoms with Crippen molar-refractivity contribution in [2.45, 2.75) is 50.5 Å². The quantitative estimate of drug-likeness (QED) is 0.848. The van der Waals surface area contributed by atoms with Crippen LogP contribution in [-0.2, 0) is 6.42 Å². The maximum Gasteiger partial charge on any atom is 0.119 e. The molecule has 1 aliphatic heterocycles. The molecule has 0 bridgehead atoms. The van der Waals surface area contributed by atoms with Gasteiger partial charge in [0.2, 0.25) is 0 Å². The van der Waals surface area contributed by atoms with Gasteiger partial charge in [-0.05, 0) is 61.4 Å². The van der Waals surface area contributed by atoms with Gasteiger partial charge in [-0.2, -0.15) is 0 Å². The van der Waals surface area contributed by atoms with Crippen molar-refractivity contribution in [1.29, 1.82) is 0 Å². The lowest BCUT2D eigenvalue weighted by atomic mass is 9.67. The van der Waals surface area contributed by atoms with Gasteiger partial charge >= 0.3 is 0 Å². The van der Waals surface area contributed by atoms with Crippen molar-refractivity contribution in [3.05, 3.63) is 29.3 Å². The molecule has 106 valence electrons. The van der Waals surface area contributed by atoms with Crippen LogP contribution < -0.4 is 10.1 Å². The first-order valence-corrected chi connectivity index (χ1v) is 7.17. The van der Waals surface area contributed by atoms with Gasteiger partial charge in [-0.25, -0.2) is 0 Å². The van der Waals surface area contributed by atoms with Crippen molar-refractivity contribution in [3.8, 4) is 5.75 Å². The number of hydrogen-bond acceptors (Lipinski definition) is 2. The van der Waals surface area contributed by atoms with Gasteiger partial charge in [-0.15, -0.1) is 12.4 Å². The molecule has 1 spiro atoms. The largest absolute Gasteiger partial charge is 0.497 e. The molecule has 1 aliphatic carbocycles. The third-order valence-electron chi connectivity index (χ3n) is 5.01. The second-order valence-corrected chi connectivity index (χ2v) is 5.83. The summed E-state index contributed by atoms with van der Waals surface area (Å²) in [6, 6.07) is 6.61. The van der Waals surface area contributed by atoms with E-state index in [9.17, 15) is 0 Å². The lowest BCUT2D eigenvalue weighted by Gasteiger charge is -2.47. The van der Waals surface area contributed by atoms with Gasteiger partial charge in [0.15, 0.2) is 0 Å². The highest BCUT2D eigenvalue weighted by Crippen LogP contribution is 2.43. The van der Waals surface area contributed by atoms with E-state index in [-0.39, 0.29) is 12.4 Å². The Hall–Kier alpha value is -0.730. The van der Waals surface area contributed by atoms with Crippen LogP contribution in [0.5, 0.6) is 5.75 Å². The maximum atomic E-state index is 5.34. The van der Waals surface area contributed by atoms with E-state index in [4.69, 9.17) is 4.74 Å². The van der Waals surface area contributed by atoms with Gasteiger partial charge in [-0.3, -0.25) is 0 Å². The van der Waals surface area contributed by atoms with Crippen LogP contribution in [0.3, 0.4) is 0 Å². The van der Waals surface area contributed by atoms with Crippen molar-refractivity contribution in [1.82, 2.24) is 5.32 Å². The van der Waals surface area contributed by atoms with Crippen LogP contribution in [0.1, 0.15) is 49.7 Å². The first kappa shape index (κ1) is 14.7. The molecule has 0 amide bonds. The topological polar surface area (TPSA) is 21.3 Å². The molecular weight excluding hydrogens is 258 g/mol. The van der Waals surface area contributed by atoms with Crippen LogP contribution in [-0.4, -0.2) is 19.2 Å². The highest BCUT2D eigenvalue weighted by Gasteiger charge is 2.41. The Morgan fingerprint density at radius 2 is 2.11 bits per heavy atom. The Morgan fingerprint density at radius 3 is 2.79 bits per heavy atom. The number of fused-ring (bicyclic) bond motifs is 1. The van der Waals surface area contributed by atoms with E-state index < -0.39 is 0 Å². The zero-order valence-corrected chi connectivity index (χ0v) is 12.7.